The van der Waals surface area contributed by atoms with Crippen LogP contribution in [0.2, 0.25) is 0 Å². The molecule has 0 aromatic heterocycles. The van der Waals surface area contributed by atoms with Gasteiger partial charge in [-0.15, -0.1) is 24.0 Å². The maximum absolute atomic E-state index is 5.81. The van der Waals surface area contributed by atoms with Crippen molar-refractivity contribution in [2.45, 2.75) is 32.0 Å². The highest BCUT2D eigenvalue weighted by atomic mass is 127. The molecule has 2 rings (SSSR count). The van der Waals surface area contributed by atoms with Gasteiger partial charge in [-0.05, 0) is 31.0 Å². The van der Waals surface area contributed by atoms with Crippen molar-refractivity contribution in [3.63, 3.8) is 0 Å². The topological polar surface area (TPSA) is 54.9 Å². The van der Waals surface area contributed by atoms with Crippen LogP contribution in [0.25, 0.3) is 0 Å². The van der Waals surface area contributed by atoms with Gasteiger partial charge in [-0.1, -0.05) is 28.1 Å². The molecule has 1 aliphatic rings. The van der Waals surface area contributed by atoms with E-state index in [0.717, 1.165) is 30.0 Å². The molecule has 130 valence electrons. The predicted octanol–water partition coefficient (Wildman–Crippen LogP) is 2.93. The van der Waals surface area contributed by atoms with Crippen molar-refractivity contribution in [3.8, 4) is 0 Å². The first-order valence-corrected chi connectivity index (χ1v) is 8.37. The van der Waals surface area contributed by atoms with Crippen LogP contribution in [-0.2, 0) is 16.0 Å². The lowest BCUT2D eigenvalue weighted by atomic mass is 10.2. The molecule has 1 saturated heterocycles. The average molecular weight is 498 g/mol. The number of guanidine groups is 1. The highest BCUT2D eigenvalue weighted by Crippen LogP contribution is 2.10. The summed E-state index contributed by atoms with van der Waals surface area (Å²) in [5.74, 6) is 0.779. The number of hydrogen-bond acceptors (Lipinski definition) is 3. The molecule has 2 N–H and O–H groups in total. The zero-order valence-electron chi connectivity index (χ0n) is 13.5. The molecule has 0 spiro atoms. The quantitative estimate of drug-likeness (QED) is 0.360. The van der Waals surface area contributed by atoms with Crippen LogP contribution in [0, 0.1) is 0 Å². The smallest absolute Gasteiger partial charge is 0.191 e. The maximum atomic E-state index is 5.81. The van der Waals surface area contributed by atoms with Crippen LogP contribution in [-0.4, -0.2) is 45.0 Å². The lowest BCUT2D eigenvalue weighted by Gasteiger charge is -2.19. The molecule has 0 bridgehead atoms. The van der Waals surface area contributed by atoms with Crippen molar-refractivity contribution in [1.82, 2.24) is 10.6 Å². The molecule has 2 unspecified atom stereocenters. The number of nitrogens with one attached hydrogen (secondary N) is 2. The SMILES string of the molecule is CN=C(NCc1ccc(Br)cc1)NC(C)COC1CCOC1.I. The summed E-state index contributed by atoms with van der Waals surface area (Å²) >= 11 is 3.44. The Hall–Kier alpha value is -0.380. The van der Waals surface area contributed by atoms with Gasteiger partial charge in [0.1, 0.15) is 0 Å². The number of rotatable bonds is 6. The minimum atomic E-state index is 0. The van der Waals surface area contributed by atoms with Crippen LogP contribution in [0.4, 0.5) is 0 Å². The first-order chi connectivity index (χ1) is 10.7. The molecule has 0 aliphatic carbocycles. The van der Waals surface area contributed by atoms with E-state index in [9.17, 15) is 0 Å². The number of benzene rings is 1. The molecule has 5 nitrogen and oxygen atoms in total. The summed E-state index contributed by atoms with van der Waals surface area (Å²) in [4.78, 5) is 4.25. The number of halogens is 2. The Bertz CT molecular complexity index is 479. The molecular weight excluding hydrogens is 473 g/mol. The summed E-state index contributed by atoms with van der Waals surface area (Å²) < 4.78 is 12.2. The number of hydrogen-bond donors (Lipinski definition) is 2. The Morgan fingerprint density at radius 3 is 2.78 bits per heavy atom. The van der Waals surface area contributed by atoms with Crippen molar-refractivity contribution in [2.24, 2.45) is 4.99 Å². The minimum absolute atomic E-state index is 0. The molecule has 0 radical (unpaired) electrons. The molecule has 2 atom stereocenters. The van der Waals surface area contributed by atoms with E-state index in [1.807, 2.05) is 12.1 Å². The van der Waals surface area contributed by atoms with E-state index in [-0.39, 0.29) is 36.1 Å². The van der Waals surface area contributed by atoms with E-state index in [0.29, 0.717) is 13.2 Å². The third-order valence-electron chi connectivity index (χ3n) is 3.45. The third kappa shape index (κ3) is 7.82. The van der Waals surface area contributed by atoms with Crippen molar-refractivity contribution >= 4 is 45.9 Å². The largest absolute Gasteiger partial charge is 0.379 e. The van der Waals surface area contributed by atoms with Crippen LogP contribution < -0.4 is 10.6 Å². The first kappa shape index (κ1) is 20.7. The molecule has 7 heteroatoms. The molecular formula is C16H25BrIN3O2. The zero-order chi connectivity index (χ0) is 15.8. The zero-order valence-corrected chi connectivity index (χ0v) is 17.5. The molecule has 1 aromatic rings. The Labute approximate surface area is 163 Å². The summed E-state index contributed by atoms with van der Waals surface area (Å²) in [6.07, 6.45) is 1.23. The second kappa shape index (κ2) is 11.2. The van der Waals surface area contributed by atoms with E-state index in [1.54, 1.807) is 7.05 Å². The Kier molecular flexibility index (Phi) is 10.1. The van der Waals surface area contributed by atoms with Gasteiger partial charge in [0.15, 0.2) is 5.96 Å². The second-order valence-electron chi connectivity index (χ2n) is 5.42. The van der Waals surface area contributed by atoms with Crippen molar-refractivity contribution in [2.75, 3.05) is 26.9 Å². The van der Waals surface area contributed by atoms with Gasteiger partial charge >= 0.3 is 0 Å². The molecule has 1 heterocycles. The normalized spacial score (nSPS) is 19.1. The Balaban J connectivity index is 0.00000264. The van der Waals surface area contributed by atoms with Crippen LogP contribution in [0.1, 0.15) is 18.9 Å². The van der Waals surface area contributed by atoms with Crippen LogP contribution in [0.3, 0.4) is 0 Å². The standard InChI is InChI=1S/C16H24BrN3O2.HI/c1-12(10-22-15-7-8-21-11-15)20-16(18-2)19-9-13-3-5-14(17)6-4-13;/h3-6,12,15H,7-11H2,1-2H3,(H2,18,19,20);1H. The summed E-state index contributed by atoms with van der Waals surface area (Å²) in [5.41, 5.74) is 1.21. The van der Waals surface area contributed by atoms with Crippen LogP contribution >= 0.6 is 39.9 Å². The molecule has 23 heavy (non-hydrogen) atoms. The van der Waals surface area contributed by atoms with Gasteiger partial charge in [-0.2, -0.15) is 0 Å². The fourth-order valence-electron chi connectivity index (χ4n) is 2.18. The number of nitrogens with zero attached hydrogens (tertiary/aromatic N) is 1. The minimum Gasteiger partial charge on any atom is -0.379 e. The Morgan fingerprint density at radius 2 is 2.17 bits per heavy atom. The van der Waals surface area contributed by atoms with E-state index < -0.39 is 0 Å². The van der Waals surface area contributed by atoms with E-state index in [4.69, 9.17) is 9.47 Å². The Morgan fingerprint density at radius 1 is 1.43 bits per heavy atom. The van der Waals surface area contributed by atoms with Gasteiger partial charge < -0.3 is 20.1 Å². The van der Waals surface area contributed by atoms with Gasteiger partial charge in [0, 0.05) is 30.7 Å². The molecule has 1 aromatic carbocycles. The fraction of sp³-hybridized carbons (Fsp3) is 0.562. The highest BCUT2D eigenvalue weighted by molar-refractivity contribution is 14.0. The first-order valence-electron chi connectivity index (χ1n) is 7.58. The van der Waals surface area contributed by atoms with Gasteiger partial charge in [-0.25, -0.2) is 0 Å². The summed E-state index contributed by atoms with van der Waals surface area (Å²) in [7, 11) is 1.77. The van der Waals surface area contributed by atoms with Crippen LogP contribution in [0.5, 0.6) is 0 Å². The molecule has 0 saturated carbocycles. The summed E-state index contributed by atoms with van der Waals surface area (Å²) in [6, 6.07) is 8.42. The molecule has 0 amide bonds. The highest BCUT2D eigenvalue weighted by Gasteiger charge is 2.17. The monoisotopic (exact) mass is 497 g/mol. The number of ether oxygens (including phenoxy) is 2. The van der Waals surface area contributed by atoms with E-state index in [2.05, 4.69) is 50.6 Å². The van der Waals surface area contributed by atoms with Gasteiger partial charge in [0.05, 0.1) is 19.3 Å². The molecule has 1 aliphatic heterocycles. The van der Waals surface area contributed by atoms with Gasteiger partial charge in [0.2, 0.25) is 0 Å². The average Bonchev–Trinajstić information content (AvgIpc) is 3.04. The third-order valence-corrected chi connectivity index (χ3v) is 3.98. The van der Waals surface area contributed by atoms with E-state index in [1.165, 1.54) is 5.56 Å². The lowest BCUT2D eigenvalue weighted by molar-refractivity contribution is 0.0347. The van der Waals surface area contributed by atoms with Crippen molar-refractivity contribution < 1.29 is 9.47 Å². The van der Waals surface area contributed by atoms with Crippen LogP contribution in [0.15, 0.2) is 33.7 Å². The van der Waals surface area contributed by atoms with Crippen molar-refractivity contribution in [3.05, 3.63) is 34.3 Å². The molecule has 1 fully saturated rings. The van der Waals surface area contributed by atoms with Crippen molar-refractivity contribution in [1.29, 1.82) is 0 Å². The number of aliphatic imine (C=N–C) groups is 1. The van der Waals surface area contributed by atoms with Gasteiger partial charge in [-0.3, -0.25) is 4.99 Å². The van der Waals surface area contributed by atoms with Gasteiger partial charge in [0.25, 0.3) is 0 Å². The summed E-state index contributed by atoms with van der Waals surface area (Å²) in [6.45, 7) is 4.98. The lowest BCUT2D eigenvalue weighted by Crippen LogP contribution is -2.44. The van der Waals surface area contributed by atoms with E-state index >= 15 is 0 Å². The maximum Gasteiger partial charge on any atom is 0.191 e. The predicted molar refractivity (Wildman–Crippen MR) is 108 cm³/mol. The second-order valence-corrected chi connectivity index (χ2v) is 6.33. The fourth-order valence-corrected chi connectivity index (χ4v) is 2.45. The summed E-state index contributed by atoms with van der Waals surface area (Å²) in [5, 5.41) is 6.64.